The van der Waals surface area contributed by atoms with Crippen molar-refractivity contribution in [3.63, 3.8) is 0 Å². The molecule has 6 heteroatoms. The van der Waals surface area contributed by atoms with Crippen molar-refractivity contribution in [2.24, 2.45) is 7.05 Å². The molecule has 1 fully saturated rings. The van der Waals surface area contributed by atoms with Gasteiger partial charge in [-0.3, -0.25) is 10.1 Å². The van der Waals surface area contributed by atoms with Gasteiger partial charge in [-0.2, -0.15) is 0 Å². The van der Waals surface area contributed by atoms with E-state index in [9.17, 15) is 4.79 Å². The summed E-state index contributed by atoms with van der Waals surface area (Å²) in [5.41, 5.74) is 0. The molecule has 106 valence electrons. The normalized spacial score (nSPS) is 19.3. The summed E-state index contributed by atoms with van der Waals surface area (Å²) in [6.45, 7) is 3.88. The Morgan fingerprint density at radius 3 is 2.68 bits per heavy atom. The molecule has 1 amide bonds. The summed E-state index contributed by atoms with van der Waals surface area (Å²) < 4.78 is 1.86. The zero-order valence-corrected chi connectivity index (χ0v) is 11.9. The molecule has 1 aliphatic rings. The maximum atomic E-state index is 12.1. The van der Waals surface area contributed by atoms with Crippen LogP contribution in [-0.4, -0.2) is 32.8 Å². The van der Waals surface area contributed by atoms with Gasteiger partial charge in [-0.15, -0.1) is 10.2 Å². The van der Waals surface area contributed by atoms with Gasteiger partial charge in [-0.25, -0.2) is 0 Å². The van der Waals surface area contributed by atoms with Crippen molar-refractivity contribution in [3.8, 4) is 0 Å². The largest absolute Gasteiger partial charge is 0.352 e. The molecule has 0 saturated heterocycles. The Morgan fingerprint density at radius 2 is 2.11 bits per heavy atom. The Bertz CT molecular complexity index is 424. The summed E-state index contributed by atoms with van der Waals surface area (Å²) in [7, 11) is 1.90. The first-order chi connectivity index (χ1) is 9.08. The number of nitrogens with zero attached hydrogens (tertiary/aromatic N) is 3. The first-order valence-corrected chi connectivity index (χ1v) is 6.98. The highest BCUT2D eigenvalue weighted by Gasteiger charge is 2.22. The smallest absolute Gasteiger partial charge is 0.237 e. The van der Waals surface area contributed by atoms with E-state index in [0.717, 1.165) is 18.7 Å². The van der Waals surface area contributed by atoms with Crippen LogP contribution in [0.25, 0.3) is 0 Å². The van der Waals surface area contributed by atoms with E-state index in [1.54, 1.807) is 6.33 Å². The lowest BCUT2D eigenvalue weighted by Gasteiger charge is -2.21. The van der Waals surface area contributed by atoms with Gasteiger partial charge in [-0.05, 0) is 26.7 Å². The molecule has 0 aliphatic heterocycles. The number of aromatic nitrogens is 3. The summed E-state index contributed by atoms with van der Waals surface area (Å²) in [4.78, 5) is 12.1. The average Bonchev–Trinajstić information content (AvgIpc) is 3.00. The fraction of sp³-hybridized carbons (Fsp3) is 0.769. The van der Waals surface area contributed by atoms with Crippen LogP contribution in [-0.2, 0) is 11.8 Å². The first-order valence-electron chi connectivity index (χ1n) is 6.98. The van der Waals surface area contributed by atoms with E-state index >= 15 is 0 Å². The minimum atomic E-state index is -0.229. The molecule has 1 saturated carbocycles. The number of nitrogens with one attached hydrogen (secondary N) is 2. The van der Waals surface area contributed by atoms with E-state index in [-0.39, 0.29) is 18.0 Å². The molecule has 2 atom stereocenters. The molecule has 19 heavy (non-hydrogen) atoms. The Morgan fingerprint density at radius 1 is 1.42 bits per heavy atom. The molecule has 0 radical (unpaired) electrons. The summed E-state index contributed by atoms with van der Waals surface area (Å²) in [5.74, 6) is 0.904. The van der Waals surface area contributed by atoms with Crippen molar-refractivity contribution in [2.75, 3.05) is 0 Å². The monoisotopic (exact) mass is 265 g/mol. The number of rotatable bonds is 5. The van der Waals surface area contributed by atoms with Crippen LogP contribution in [0.4, 0.5) is 0 Å². The number of carbonyl (C=O) groups is 1. The number of carbonyl (C=O) groups excluding carboxylic acids is 1. The lowest BCUT2D eigenvalue weighted by molar-refractivity contribution is -0.123. The molecule has 2 rings (SSSR count). The van der Waals surface area contributed by atoms with Crippen molar-refractivity contribution in [1.82, 2.24) is 25.4 Å². The minimum absolute atomic E-state index is 0.00294. The summed E-state index contributed by atoms with van der Waals surface area (Å²) in [6, 6.07) is 0.131. The molecule has 1 aromatic rings. The van der Waals surface area contributed by atoms with Crippen LogP contribution in [0.15, 0.2) is 6.33 Å². The molecular formula is C13H23N5O. The number of hydrogen-bond donors (Lipinski definition) is 2. The second kappa shape index (κ2) is 6.14. The van der Waals surface area contributed by atoms with Crippen molar-refractivity contribution in [3.05, 3.63) is 12.2 Å². The van der Waals surface area contributed by atoms with Crippen LogP contribution in [0.3, 0.4) is 0 Å². The Hall–Kier alpha value is -1.43. The van der Waals surface area contributed by atoms with Gasteiger partial charge >= 0.3 is 0 Å². The van der Waals surface area contributed by atoms with Gasteiger partial charge in [0.25, 0.3) is 0 Å². The lowest BCUT2D eigenvalue weighted by atomic mass is 10.2. The van der Waals surface area contributed by atoms with E-state index < -0.39 is 0 Å². The summed E-state index contributed by atoms with van der Waals surface area (Å²) in [5, 5.41) is 14.3. The molecule has 0 spiro atoms. The predicted molar refractivity (Wildman–Crippen MR) is 72.4 cm³/mol. The highest BCUT2D eigenvalue weighted by molar-refractivity contribution is 5.81. The van der Waals surface area contributed by atoms with Crippen molar-refractivity contribution in [1.29, 1.82) is 0 Å². The fourth-order valence-corrected chi connectivity index (χ4v) is 2.61. The molecule has 1 aromatic heterocycles. The lowest BCUT2D eigenvalue weighted by Crippen LogP contribution is -2.46. The first kappa shape index (κ1) is 14.0. The zero-order chi connectivity index (χ0) is 13.8. The van der Waals surface area contributed by atoms with Crippen LogP contribution >= 0.6 is 0 Å². The maximum Gasteiger partial charge on any atom is 0.237 e. The highest BCUT2D eigenvalue weighted by Crippen LogP contribution is 2.17. The highest BCUT2D eigenvalue weighted by atomic mass is 16.2. The number of aryl methyl sites for hydroxylation is 1. The average molecular weight is 265 g/mol. The second-order valence-electron chi connectivity index (χ2n) is 5.40. The zero-order valence-electron chi connectivity index (χ0n) is 11.9. The van der Waals surface area contributed by atoms with Crippen LogP contribution in [0, 0.1) is 0 Å². The fourth-order valence-electron chi connectivity index (χ4n) is 2.61. The molecule has 6 nitrogen and oxygen atoms in total. The quantitative estimate of drug-likeness (QED) is 0.830. The molecular weight excluding hydrogens is 242 g/mol. The topological polar surface area (TPSA) is 71.8 Å². The third-order valence-corrected chi connectivity index (χ3v) is 3.73. The summed E-state index contributed by atoms with van der Waals surface area (Å²) >= 11 is 0. The molecule has 1 aliphatic carbocycles. The minimum Gasteiger partial charge on any atom is -0.352 e. The van der Waals surface area contributed by atoms with E-state index in [1.807, 2.05) is 25.5 Å². The van der Waals surface area contributed by atoms with E-state index in [2.05, 4.69) is 20.8 Å². The van der Waals surface area contributed by atoms with Gasteiger partial charge in [0.1, 0.15) is 12.2 Å². The van der Waals surface area contributed by atoms with Gasteiger partial charge < -0.3 is 9.88 Å². The van der Waals surface area contributed by atoms with Gasteiger partial charge in [-0.1, -0.05) is 12.8 Å². The van der Waals surface area contributed by atoms with Crippen molar-refractivity contribution in [2.45, 2.75) is 57.7 Å². The number of amides is 1. The second-order valence-corrected chi connectivity index (χ2v) is 5.40. The van der Waals surface area contributed by atoms with Crippen LogP contribution in [0.2, 0.25) is 0 Å². The molecule has 0 bridgehead atoms. The van der Waals surface area contributed by atoms with E-state index in [0.29, 0.717) is 6.04 Å². The van der Waals surface area contributed by atoms with Gasteiger partial charge in [0.2, 0.25) is 5.91 Å². The Balaban J connectivity index is 1.84. The van der Waals surface area contributed by atoms with Gasteiger partial charge in [0.15, 0.2) is 0 Å². The Labute approximate surface area is 114 Å². The van der Waals surface area contributed by atoms with Crippen LogP contribution < -0.4 is 10.6 Å². The van der Waals surface area contributed by atoms with Gasteiger partial charge in [0.05, 0.1) is 12.1 Å². The van der Waals surface area contributed by atoms with Crippen LogP contribution in [0.1, 0.15) is 51.4 Å². The van der Waals surface area contributed by atoms with Crippen LogP contribution in [0.5, 0.6) is 0 Å². The predicted octanol–water partition coefficient (Wildman–Crippen LogP) is 0.913. The molecule has 0 aromatic carbocycles. The molecule has 1 heterocycles. The Kier molecular flexibility index (Phi) is 4.52. The van der Waals surface area contributed by atoms with Gasteiger partial charge in [0, 0.05) is 13.1 Å². The third-order valence-electron chi connectivity index (χ3n) is 3.73. The third kappa shape index (κ3) is 3.53. The number of hydrogen-bond acceptors (Lipinski definition) is 4. The molecule has 2 unspecified atom stereocenters. The standard InChI is InChI=1S/C13H23N5O/c1-9(12-17-14-8-18(12)3)15-10(2)13(19)16-11-6-4-5-7-11/h8-11,15H,4-7H2,1-3H3,(H,16,19). The summed E-state index contributed by atoms with van der Waals surface area (Å²) in [6.07, 6.45) is 6.33. The maximum absolute atomic E-state index is 12.1. The van der Waals surface area contributed by atoms with Crippen molar-refractivity contribution < 1.29 is 4.79 Å². The van der Waals surface area contributed by atoms with Crippen molar-refractivity contribution >= 4 is 5.91 Å². The van der Waals surface area contributed by atoms with E-state index in [1.165, 1.54) is 12.8 Å². The SMILES string of the molecule is CC(NC(C)c1nncn1C)C(=O)NC1CCCC1. The van der Waals surface area contributed by atoms with E-state index in [4.69, 9.17) is 0 Å². The molecule has 2 N–H and O–H groups in total.